The van der Waals surface area contributed by atoms with E-state index in [0.717, 1.165) is 0 Å². The molecule has 0 aliphatic rings. The van der Waals surface area contributed by atoms with Crippen molar-refractivity contribution in [1.29, 1.82) is 0 Å². The molecule has 0 bridgehead atoms. The molecule has 0 aromatic heterocycles. The van der Waals surface area contributed by atoms with Crippen LogP contribution < -0.4 is 5.48 Å². The van der Waals surface area contributed by atoms with Gasteiger partial charge in [-0.25, -0.2) is 0 Å². The SMILES string of the molecule is C#CC[NH2+][O-]. The summed E-state index contributed by atoms with van der Waals surface area (Å²) in [6.07, 6.45) is 4.66. The number of terminal acetylenes is 1. The van der Waals surface area contributed by atoms with Crippen LogP contribution in [0.3, 0.4) is 0 Å². The van der Waals surface area contributed by atoms with Gasteiger partial charge in [0.05, 0.1) is 0 Å². The Morgan fingerprint density at radius 1 is 2.00 bits per heavy atom. The highest BCUT2D eigenvalue weighted by atomic mass is 16.5. The smallest absolute Gasteiger partial charge is 0.137 e. The molecule has 2 nitrogen and oxygen atoms in total. The molecule has 0 spiro atoms. The third kappa shape index (κ3) is 3.48. The lowest BCUT2D eigenvalue weighted by Crippen LogP contribution is -2.76. The van der Waals surface area contributed by atoms with E-state index in [1.165, 1.54) is 0 Å². The lowest BCUT2D eigenvalue weighted by Gasteiger charge is -1.88. The third-order valence-corrected chi connectivity index (χ3v) is 0.201. The van der Waals surface area contributed by atoms with E-state index in [4.69, 9.17) is 0 Å². The predicted molar refractivity (Wildman–Crippen MR) is 19.0 cm³/mol. The Labute approximate surface area is 30.8 Å². The number of nitrogens with two attached hydrogens (primary N) is 1. The Morgan fingerprint density at radius 3 is 2.60 bits per heavy atom. The average Bonchev–Trinajstić information content (AvgIpc) is 1.41. The molecule has 0 saturated heterocycles. The number of rotatable bonds is 1. The first-order valence-electron chi connectivity index (χ1n) is 1.29. The van der Waals surface area contributed by atoms with E-state index >= 15 is 0 Å². The Kier molecular flexibility index (Phi) is 3.12. The second-order valence-corrected chi connectivity index (χ2v) is 0.575. The van der Waals surface area contributed by atoms with Crippen LogP contribution in [0.5, 0.6) is 0 Å². The fourth-order valence-electron chi connectivity index (χ4n) is 0.0481. The number of hydrogen-bond acceptors (Lipinski definition) is 1. The van der Waals surface area contributed by atoms with Gasteiger partial charge in [-0.3, -0.25) is 0 Å². The minimum absolute atomic E-state index is 0.236. The highest BCUT2D eigenvalue weighted by Crippen LogP contribution is 1.25. The average molecular weight is 71.1 g/mol. The van der Waals surface area contributed by atoms with Gasteiger partial charge in [-0.1, -0.05) is 0 Å². The maximum atomic E-state index is 9.26. The predicted octanol–water partition coefficient (Wildman–Crippen LogP) is -1.32. The summed E-state index contributed by atoms with van der Waals surface area (Å²) in [5, 5.41) is 9.26. The van der Waals surface area contributed by atoms with Crippen LogP contribution in [-0.2, 0) is 0 Å². The van der Waals surface area contributed by atoms with Gasteiger partial charge in [-0.2, -0.15) is 0 Å². The van der Waals surface area contributed by atoms with Crippen molar-refractivity contribution in [2.75, 3.05) is 6.54 Å². The van der Waals surface area contributed by atoms with Crippen molar-refractivity contribution >= 4 is 0 Å². The molecule has 2 heteroatoms. The molecule has 0 fully saturated rings. The van der Waals surface area contributed by atoms with Crippen molar-refractivity contribution in [1.82, 2.24) is 0 Å². The van der Waals surface area contributed by atoms with Crippen LogP contribution in [0.2, 0.25) is 0 Å². The van der Waals surface area contributed by atoms with Crippen LogP contribution in [0.15, 0.2) is 0 Å². The van der Waals surface area contributed by atoms with Gasteiger partial charge in [-0.05, 0) is 5.92 Å². The Balaban J connectivity index is 2.48. The van der Waals surface area contributed by atoms with E-state index in [1.807, 2.05) is 0 Å². The van der Waals surface area contributed by atoms with Gasteiger partial charge in [0.1, 0.15) is 6.54 Å². The Hall–Kier alpha value is -0.520. The van der Waals surface area contributed by atoms with Gasteiger partial charge in [-0.15, -0.1) is 6.42 Å². The molecule has 0 saturated carbocycles. The van der Waals surface area contributed by atoms with E-state index in [9.17, 15) is 5.21 Å². The first kappa shape index (κ1) is 4.48. The van der Waals surface area contributed by atoms with Crippen LogP contribution in [0.25, 0.3) is 0 Å². The van der Waals surface area contributed by atoms with Gasteiger partial charge in [0.25, 0.3) is 0 Å². The van der Waals surface area contributed by atoms with E-state index in [2.05, 4.69) is 12.3 Å². The molecule has 0 aliphatic carbocycles. The Bertz CT molecular complexity index is 45.3. The number of quaternary nitrogens is 1. The van der Waals surface area contributed by atoms with Gasteiger partial charge in [0.2, 0.25) is 0 Å². The first-order chi connectivity index (χ1) is 2.41. The van der Waals surface area contributed by atoms with Gasteiger partial charge in [0.15, 0.2) is 0 Å². The molecular formula is C3H5NO. The summed E-state index contributed by atoms with van der Waals surface area (Å²) in [5.74, 6) is 2.15. The molecule has 28 valence electrons. The van der Waals surface area contributed by atoms with Crippen molar-refractivity contribution in [3.8, 4) is 12.3 Å². The maximum Gasteiger partial charge on any atom is 0.137 e. The van der Waals surface area contributed by atoms with Gasteiger partial charge < -0.3 is 10.7 Å². The first-order valence-corrected chi connectivity index (χ1v) is 1.29. The minimum atomic E-state index is 0.236. The zero-order chi connectivity index (χ0) is 4.12. The van der Waals surface area contributed by atoms with Crippen molar-refractivity contribution in [2.45, 2.75) is 0 Å². The van der Waals surface area contributed by atoms with Crippen molar-refractivity contribution < 1.29 is 5.48 Å². The summed E-state index contributed by atoms with van der Waals surface area (Å²) < 4.78 is 0. The maximum absolute atomic E-state index is 9.26. The second-order valence-electron chi connectivity index (χ2n) is 0.575. The monoisotopic (exact) mass is 71.0 g/mol. The van der Waals surface area contributed by atoms with Crippen LogP contribution in [0.1, 0.15) is 0 Å². The van der Waals surface area contributed by atoms with Crippen LogP contribution in [0.4, 0.5) is 0 Å². The second kappa shape index (κ2) is 3.48. The largest absolute Gasteiger partial charge is 0.635 e. The summed E-state index contributed by atoms with van der Waals surface area (Å²) in [7, 11) is 0. The zero-order valence-electron chi connectivity index (χ0n) is 2.77. The number of hydroxylamine groups is 1. The quantitative estimate of drug-likeness (QED) is 0.302. The molecule has 0 amide bonds. The summed E-state index contributed by atoms with van der Waals surface area (Å²) in [6, 6.07) is 0. The fourth-order valence-corrected chi connectivity index (χ4v) is 0.0481. The molecule has 0 unspecified atom stereocenters. The van der Waals surface area contributed by atoms with E-state index in [0.29, 0.717) is 5.48 Å². The molecule has 2 N–H and O–H groups in total. The third-order valence-electron chi connectivity index (χ3n) is 0.201. The van der Waals surface area contributed by atoms with E-state index < -0.39 is 0 Å². The molecular weight excluding hydrogens is 66.0 g/mol. The molecule has 0 atom stereocenters. The minimum Gasteiger partial charge on any atom is -0.635 e. The fraction of sp³-hybridized carbons (Fsp3) is 0.333. The lowest BCUT2D eigenvalue weighted by molar-refractivity contribution is -0.576. The topological polar surface area (TPSA) is 39.7 Å². The summed E-state index contributed by atoms with van der Waals surface area (Å²) in [4.78, 5) is 0. The summed E-state index contributed by atoms with van der Waals surface area (Å²) in [5.41, 5.74) is 0.694. The normalized spacial score (nSPS) is 6.40. The molecule has 0 aromatic rings. The van der Waals surface area contributed by atoms with E-state index in [1.54, 1.807) is 0 Å². The van der Waals surface area contributed by atoms with Crippen molar-refractivity contribution in [3.63, 3.8) is 0 Å². The Morgan fingerprint density at radius 2 is 2.60 bits per heavy atom. The van der Waals surface area contributed by atoms with Crippen molar-refractivity contribution in [2.24, 2.45) is 0 Å². The molecule has 0 aliphatic heterocycles. The van der Waals surface area contributed by atoms with Gasteiger partial charge >= 0.3 is 0 Å². The molecule has 0 rings (SSSR count). The highest BCUT2D eigenvalue weighted by molar-refractivity contribution is 4.81. The highest BCUT2D eigenvalue weighted by Gasteiger charge is 1.54. The lowest BCUT2D eigenvalue weighted by atomic mass is 10.7. The molecule has 0 aromatic carbocycles. The van der Waals surface area contributed by atoms with Crippen LogP contribution in [-0.4, -0.2) is 6.54 Å². The summed E-state index contributed by atoms with van der Waals surface area (Å²) >= 11 is 0. The van der Waals surface area contributed by atoms with Crippen molar-refractivity contribution in [3.05, 3.63) is 5.21 Å². The molecule has 5 heavy (non-hydrogen) atoms. The zero-order valence-corrected chi connectivity index (χ0v) is 2.77. The van der Waals surface area contributed by atoms with Crippen LogP contribution in [0, 0.1) is 17.6 Å². The van der Waals surface area contributed by atoms with Crippen LogP contribution >= 0.6 is 0 Å². The molecule has 0 radical (unpaired) electrons. The van der Waals surface area contributed by atoms with E-state index in [-0.39, 0.29) is 6.54 Å². The van der Waals surface area contributed by atoms with Gasteiger partial charge in [0, 0.05) is 0 Å². The standard InChI is InChI=1S/C3H5NO/c1-2-3-4-5/h1H,3-4H2. The summed E-state index contributed by atoms with van der Waals surface area (Å²) in [6.45, 7) is 0.236. The molecule has 0 heterocycles. The number of hydrogen-bond donors (Lipinski definition) is 1.